The molecule has 1 aliphatic heterocycles. The van der Waals surface area contributed by atoms with Crippen LogP contribution in [0, 0.1) is 0 Å². The lowest BCUT2D eigenvalue weighted by Gasteiger charge is -2.39. The highest BCUT2D eigenvalue weighted by Gasteiger charge is 2.28. The largest absolute Gasteiger partial charge is 0.366 e. The molecule has 0 radical (unpaired) electrons. The summed E-state index contributed by atoms with van der Waals surface area (Å²) in [5.41, 5.74) is 2.57. The Morgan fingerprint density at radius 1 is 1.05 bits per heavy atom. The molecule has 1 amide bonds. The van der Waals surface area contributed by atoms with Gasteiger partial charge in [0.2, 0.25) is 0 Å². The molecule has 3 rings (SSSR count). The Bertz CT molecular complexity index is 639. The molecule has 21 heavy (non-hydrogen) atoms. The minimum atomic E-state index is -0.0357. The predicted molar refractivity (Wildman–Crippen MR) is 84.8 cm³/mol. The lowest BCUT2D eigenvalue weighted by atomic mass is 10.1. The predicted octanol–water partition coefficient (Wildman–Crippen LogP) is 2.96. The van der Waals surface area contributed by atoms with Crippen LogP contribution in [0.2, 0.25) is 0 Å². The van der Waals surface area contributed by atoms with Crippen LogP contribution in [0.25, 0.3) is 0 Å². The molecule has 0 unspecified atom stereocenters. The summed E-state index contributed by atoms with van der Waals surface area (Å²) in [4.78, 5) is 21.0. The van der Waals surface area contributed by atoms with E-state index >= 15 is 0 Å². The molecule has 1 aromatic heterocycles. The van der Waals surface area contributed by atoms with Gasteiger partial charge in [0, 0.05) is 25.3 Å². The molecule has 0 fully saturated rings. The van der Waals surface area contributed by atoms with Crippen molar-refractivity contribution in [2.24, 2.45) is 0 Å². The fourth-order valence-corrected chi connectivity index (χ4v) is 2.76. The molecule has 2 aromatic rings. The third kappa shape index (κ3) is 2.49. The molecule has 0 aliphatic carbocycles. The van der Waals surface area contributed by atoms with Gasteiger partial charge in [-0.25, -0.2) is 0 Å². The van der Waals surface area contributed by atoms with E-state index in [0.717, 1.165) is 17.9 Å². The summed E-state index contributed by atoms with van der Waals surface area (Å²) < 4.78 is 0. The quantitative estimate of drug-likeness (QED) is 0.849. The molecule has 0 spiro atoms. The van der Waals surface area contributed by atoms with E-state index < -0.39 is 0 Å². The smallest absolute Gasteiger partial charge is 0.276 e. The van der Waals surface area contributed by atoms with Crippen molar-refractivity contribution in [3.63, 3.8) is 0 Å². The SMILES string of the molecule is CC(C)N1CCN(C(=O)c2ccccn2)c2ccccc21. The Balaban J connectivity index is 1.98. The van der Waals surface area contributed by atoms with E-state index in [9.17, 15) is 4.79 Å². The number of carbonyl (C=O) groups excluding carboxylic acids is 1. The minimum Gasteiger partial charge on any atom is -0.366 e. The van der Waals surface area contributed by atoms with Crippen molar-refractivity contribution in [2.45, 2.75) is 19.9 Å². The molecule has 4 heteroatoms. The van der Waals surface area contributed by atoms with Crippen LogP contribution in [0.5, 0.6) is 0 Å². The molecule has 0 saturated carbocycles. The Hall–Kier alpha value is -2.36. The van der Waals surface area contributed by atoms with Gasteiger partial charge < -0.3 is 9.80 Å². The number of hydrogen-bond donors (Lipinski definition) is 0. The van der Waals surface area contributed by atoms with Gasteiger partial charge in [0.25, 0.3) is 5.91 Å². The molecule has 1 aromatic carbocycles. The zero-order valence-corrected chi connectivity index (χ0v) is 12.4. The van der Waals surface area contributed by atoms with Crippen molar-refractivity contribution in [2.75, 3.05) is 22.9 Å². The summed E-state index contributed by atoms with van der Waals surface area (Å²) in [6, 6.07) is 13.9. The maximum Gasteiger partial charge on any atom is 0.276 e. The van der Waals surface area contributed by atoms with Crippen molar-refractivity contribution in [1.82, 2.24) is 4.98 Å². The molecule has 108 valence electrons. The van der Waals surface area contributed by atoms with Crippen LogP contribution < -0.4 is 9.80 Å². The zero-order valence-electron chi connectivity index (χ0n) is 12.4. The van der Waals surface area contributed by atoms with E-state index in [0.29, 0.717) is 18.3 Å². The van der Waals surface area contributed by atoms with Gasteiger partial charge in [-0.15, -0.1) is 0 Å². The Labute approximate surface area is 125 Å². The normalized spacial score (nSPS) is 14.2. The number of rotatable bonds is 2. The van der Waals surface area contributed by atoms with Crippen LogP contribution >= 0.6 is 0 Å². The number of aromatic nitrogens is 1. The zero-order chi connectivity index (χ0) is 14.8. The highest BCUT2D eigenvalue weighted by molar-refractivity contribution is 6.07. The van der Waals surface area contributed by atoms with E-state index in [-0.39, 0.29) is 5.91 Å². The summed E-state index contributed by atoms with van der Waals surface area (Å²) in [5, 5.41) is 0. The number of pyridine rings is 1. The summed E-state index contributed by atoms with van der Waals surface area (Å²) >= 11 is 0. The second-order valence-corrected chi connectivity index (χ2v) is 5.45. The van der Waals surface area contributed by atoms with Gasteiger partial charge >= 0.3 is 0 Å². The van der Waals surface area contributed by atoms with Crippen LogP contribution in [0.3, 0.4) is 0 Å². The average molecular weight is 281 g/mol. The number of nitrogens with zero attached hydrogens (tertiary/aromatic N) is 3. The van der Waals surface area contributed by atoms with Gasteiger partial charge in [-0.1, -0.05) is 18.2 Å². The van der Waals surface area contributed by atoms with Gasteiger partial charge in [0.1, 0.15) is 5.69 Å². The van der Waals surface area contributed by atoms with Gasteiger partial charge in [-0.3, -0.25) is 9.78 Å². The van der Waals surface area contributed by atoms with Crippen molar-refractivity contribution < 1.29 is 4.79 Å². The lowest BCUT2D eigenvalue weighted by Crippen LogP contribution is -2.46. The average Bonchev–Trinajstić information content (AvgIpc) is 2.54. The maximum absolute atomic E-state index is 12.7. The van der Waals surface area contributed by atoms with Gasteiger partial charge in [0.05, 0.1) is 11.4 Å². The molecule has 4 nitrogen and oxygen atoms in total. The van der Waals surface area contributed by atoms with E-state index in [1.54, 1.807) is 12.3 Å². The van der Waals surface area contributed by atoms with E-state index in [1.165, 1.54) is 0 Å². The molecule has 0 saturated heterocycles. The number of carbonyl (C=O) groups is 1. The van der Waals surface area contributed by atoms with Crippen molar-refractivity contribution in [1.29, 1.82) is 0 Å². The van der Waals surface area contributed by atoms with Gasteiger partial charge in [0.15, 0.2) is 0 Å². The number of anilines is 2. The second kappa shape index (κ2) is 5.56. The van der Waals surface area contributed by atoms with E-state index in [4.69, 9.17) is 0 Å². The Kier molecular flexibility index (Phi) is 3.60. The maximum atomic E-state index is 12.7. The van der Waals surface area contributed by atoms with Crippen molar-refractivity contribution in [3.05, 3.63) is 54.4 Å². The monoisotopic (exact) mass is 281 g/mol. The molecule has 0 N–H and O–H groups in total. The Morgan fingerprint density at radius 3 is 2.43 bits per heavy atom. The number of amides is 1. The van der Waals surface area contributed by atoms with E-state index in [1.807, 2.05) is 35.2 Å². The summed E-state index contributed by atoms with van der Waals surface area (Å²) in [6.07, 6.45) is 1.66. The fraction of sp³-hybridized carbons (Fsp3) is 0.294. The first-order valence-electron chi connectivity index (χ1n) is 7.27. The first kappa shape index (κ1) is 13.6. The molecular formula is C17H19N3O. The Morgan fingerprint density at radius 2 is 1.76 bits per heavy atom. The third-order valence-corrected chi connectivity index (χ3v) is 3.80. The lowest BCUT2D eigenvalue weighted by molar-refractivity contribution is 0.0981. The standard InChI is InChI=1S/C17H19N3O/c1-13(2)19-11-12-20(16-9-4-3-8-15(16)19)17(21)14-7-5-6-10-18-14/h3-10,13H,11-12H2,1-2H3. The number of hydrogen-bond acceptors (Lipinski definition) is 3. The van der Waals surface area contributed by atoms with Crippen molar-refractivity contribution in [3.8, 4) is 0 Å². The third-order valence-electron chi connectivity index (χ3n) is 3.80. The van der Waals surface area contributed by atoms with E-state index in [2.05, 4.69) is 29.8 Å². The van der Waals surface area contributed by atoms with Gasteiger partial charge in [-0.05, 0) is 38.1 Å². The topological polar surface area (TPSA) is 36.4 Å². The van der Waals surface area contributed by atoms with Crippen LogP contribution in [0.1, 0.15) is 24.3 Å². The highest BCUT2D eigenvalue weighted by Crippen LogP contribution is 2.34. The minimum absolute atomic E-state index is 0.0357. The highest BCUT2D eigenvalue weighted by atomic mass is 16.2. The first-order valence-corrected chi connectivity index (χ1v) is 7.27. The summed E-state index contributed by atoms with van der Waals surface area (Å²) in [5.74, 6) is -0.0357. The van der Waals surface area contributed by atoms with Crippen molar-refractivity contribution >= 4 is 17.3 Å². The number of benzene rings is 1. The fourth-order valence-electron chi connectivity index (χ4n) is 2.76. The number of fused-ring (bicyclic) bond motifs is 1. The first-order chi connectivity index (χ1) is 10.2. The van der Waals surface area contributed by atoms with Crippen LogP contribution in [0.15, 0.2) is 48.7 Å². The molecule has 0 atom stereocenters. The summed E-state index contributed by atoms with van der Waals surface area (Å²) in [7, 11) is 0. The molecule has 2 heterocycles. The molecular weight excluding hydrogens is 262 g/mol. The molecule has 0 bridgehead atoms. The number of para-hydroxylation sites is 2. The summed E-state index contributed by atoms with van der Waals surface area (Å²) in [6.45, 7) is 5.87. The van der Waals surface area contributed by atoms with Crippen LogP contribution in [0.4, 0.5) is 11.4 Å². The second-order valence-electron chi connectivity index (χ2n) is 5.45. The van der Waals surface area contributed by atoms with Crippen LogP contribution in [-0.4, -0.2) is 30.0 Å². The van der Waals surface area contributed by atoms with Crippen LogP contribution in [-0.2, 0) is 0 Å². The molecule has 1 aliphatic rings. The van der Waals surface area contributed by atoms with Gasteiger partial charge in [-0.2, -0.15) is 0 Å².